The highest BCUT2D eigenvalue weighted by Gasteiger charge is 2.14. The Kier molecular flexibility index (Phi) is 4.95. The topological polar surface area (TPSA) is 75.3 Å². The zero-order chi connectivity index (χ0) is 16.0. The molecule has 0 aliphatic heterocycles. The number of amides is 1. The smallest absolute Gasteiger partial charge is 0.261 e. The van der Waals surface area contributed by atoms with Crippen molar-refractivity contribution in [1.82, 2.24) is 5.32 Å². The first kappa shape index (κ1) is 15.8. The molecule has 0 atom stereocenters. The van der Waals surface area contributed by atoms with Crippen LogP contribution in [0.15, 0.2) is 72.1 Å². The molecule has 0 aliphatic carbocycles. The maximum Gasteiger partial charge on any atom is 0.261 e. The Labute approximate surface area is 129 Å². The SMILES string of the molecule is C=CCNC(=O)c1cccc(NS(=O)(=O)c2ccccc2)c1. The lowest BCUT2D eigenvalue weighted by Crippen LogP contribution is -2.23. The van der Waals surface area contributed by atoms with E-state index in [1.54, 1.807) is 42.5 Å². The molecular formula is C16H16N2O3S. The Morgan fingerprint density at radius 3 is 2.50 bits per heavy atom. The van der Waals surface area contributed by atoms with Crippen molar-refractivity contribution in [2.24, 2.45) is 0 Å². The summed E-state index contributed by atoms with van der Waals surface area (Å²) < 4.78 is 26.9. The van der Waals surface area contributed by atoms with E-state index >= 15 is 0 Å². The molecule has 22 heavy (non-hydrogen) atoms. The summed E-state index contributed by atoms with van der Waals surface area (Å²) in [5.41, 5.74) is 0.699. The maximum absolute atomic E-state index is 12.2. The summed E-state index contributed by atoms with van der Waals surface area (Å²) in [6, 6.07) is 14.3. The second-order valence-corrected chi connectivity index (χ2v) is 6.18. The van der Waals surface area contributed by atoms with E-state index < -0.39 is 10.0 Å². The standard InChI is InChI=1S/C16H16N2O3S/c1-2-11-17-16(19)13-7-6-8-14(12-13)18-22(20,21)15-9-4-3-5-10-15/h2-10,12,18H,1,11H2,(H,17,19). The minimum Gasteiger partial charge on any atom is -0.349 e. The lowest BCUT2D eigenvalue weighted by molar-refractivity contribution is 0.0958. The molecule has 0 saturated carbocycles. The number of rotatable bonds is 6. The highest BCUT2D eigenvalue weighted by molar-refractivity contribution is 7.92. The van der Waals surface area contributed by atoms with Gasteiger partial charge < -0.3 is 5.32 Å². The molecule has 0 fully saturated rings. The molecule has 5 nitrogen and oxygen atoms in total. The fourth-order valence-electron chi connectivity index (χ4n) is 1.80. The first-order valence-electron chi connectivity index (χ1n) is 6.60. The molecule has 114 valence electrons. The molecule has 2 aromatic carbocycles. The first-order valence-corrected chi connectivity index (χ1v) is 8.08. The van der Waals surface area contributed by atoms with Crippen LogP contribution in [0.4, 0.5) is 5.69 Å². The van der Waals surface area contributed by atoms with Crippen molar-refractivity contribution >= 4 is 21.6 Å². The van der Waals surface area contributed by atoms with Crippen LogP contribution in [0, 0.1) is 0 Å². The summed E-state index contributed by atoms with van der Waals surface area (Å²) in [5.74, 6) is -0.291. The minimum atomic E-state index is -3.67. The second kappa shape index (κ2) is 6.91. The molecule has 0 aliphatic rings. The third-order valence-corrected chi connectivity index (χ3v) is 4.23. The number of hydrogen-bond donors (Lipinski definition) is 2. The summed E-state index contributed by atoms with van der Waals surface area (Å²) in [5, 5.41) is 2.64. The fourth-order valence-corrected chi connectivity index (χ4v) is 2.88. The van der Waals surface area contributed by atoms with Gasteiger partial charge in [0, 0.05) is 17.8 Å². The highest BCUT2D eigenvalue weighted by atomic mass is 32.2. The lowest BCUT2D eigenvalue weighted by Gasteiger charge is -2.09. The Balaban J connectivity index is 2.20. The summed E-state index contributed by atoms with van der Waals surface area (Å²) >= 11 is 0. The molecular weight excluding hydrogens is 300 g/mol. The zero-order valence-electron chi connectivity index (χ0n) is 11.8. The third-order valence-electron chi connectivity index (χ3n) is 2.84. The van der Waals surface area contributed by atoms with E-state index in [1.807, 2.05) is 0 Å². The fraction of sp³-hybridized carbons (Fsp3) is 0.0625. The molecule has 2 rings (SSSR count). The molecule has 0 bridgehead atoms. The van der Waals surface area contributed by atoms with Gasteiger partial charge in [0.1, 0.15) is 0 Å². The van der Waals surface area contributed by atoms with Crippen LogP contribution in [0.25, 0.3) is 0 Å². The van der Waals surface area contributed by atoms with Gasteiger partial charge in [0.05, 0.1) is 4.90 Å². The Bertz CT molecular complexity index is 771. The third kappa shape index (κ3) is 3.95. The predicted octanol–water partition coefficient (Wildman–Crippen LogP) is 2.40. The Morgan fingerprint density at radius 1 is 1.09 bits per heavy atom. The Hall–Kier alpha value is -2.60. The van der Waals surface area contributed by atoms with Gasteiger partial charge in [-0.1, -0.05) is 30.3 Å². The van der Waals surface area contributed by atoms with Crippen LogP contribution in [0.1, 0.15) is 10.4 Å². The number of nitrogens with one attached hydrogen (secondary N) is 2. The van der Waals surface area contributed by atoms with E-state index in [-0.39, 0.29) is 10.8 Å². The van der Waals surface area contributed by atoms with Crippen LogP contribution < -0.4 is 10.0 Å². The summed E-state index contributed by atoms with van der Waals surface area (Å²) in [6.07, 6.45) is 1.57. The van der Waals surface area contributed by atoms with Gasteiger partial charge in [0.2, 0.25) is 0 Å². The van der Waals surface area contributed by atoms with E-state index in [2.05, 4.69) is 16.6 Å². The summed E-state index contributed by atoms with van der Waals surface area (Å²) in [7, 11) is -3.67. The van der Waals surface area contributed by atoms with E-state index in [1.165, 1.54) is 18.2 Å². The van der Waals surface area contributed by atoms with Crippen LogP contribution in [0.3, 0.4) is 0 Å². The molecule has 0 saturated heterocycles. The van der Waals surface area contributed by atoms with Gasteiger partial charge in [-0.25, -0.2) is 8.42 Å². The molecule has 6 heteroatoms. The van der Waals surface area contributed by atoms with Crippen molar-refractivity contribution < 1.29 is 13.2 Å². The van der Waals surface area contributed by atoms with Gasteiger partial charge in [-0.05, 0) is 30.3 Å². The largest absolute Gasteiger partial charge is 0.349 e. The van der Waals surface area contributed by atoms with E-state index in [4.69, 9.17) is 0 Å². The lowest BCUT2D eigenvalue weighted by atomic mass is 10.2. The van der Waals surface area contributed by atoms with Crippen molar-refractivity contribution in [1.29, 1.82) is 0 Å². The number of hydrogen-bond acceptors (Lipinski definition) is 3. The maximum atomic E-state index is 12.2. The van der Waals surface area contributed by atoms with Crippen LogP contribution >= 0.6 is 0 Å². The van der Waals surface area contributed by atoms with Gasteiger partial charge in [-0.2, -0.15) is 0 Å². The number of anilines is 1. The van der Waals surface area contributed by atoms with Gasteiger partial charge in [0.15, 0.2) is 0 Å². The number of sulfonamides is 1. The highest BCUT2D eigenvalue weighted by Crippen LogP contribution is 2.17. The second-order valence-electron chi connectivity index (χ2n) is 4.50. The molecule has 2 N–H and O–H groups in total. The molecule has 0 radical (unpaired) electrons. The monoisotopic (exact) mass is 316 g/mol. The van der Waals surface area contributed by atoms with Crippen LogP contribution in [0.2, 0.25) is 0 Å². The minimum absolute atomic E-state index is 0.163. The van der Waals surface area contributed by atoms with Crippen LogP contribution in [-0.2, 0) is 10.0 Å². The number of carbonyl (C=O) groups excluding carboxylic acids is 1. The van der Waals surface area contributed by atoms with Crippen LogP contribution in [-0.4, -0.2) is 20.9 Å². The van der Waals surface area contributed by atoms with E-state index in [0.717, 1.165) is 0 Å². The summed E-state index contributed by atoms with van der Waals surface area (Å²) in [4.78, 5) is 12.0. The van der Waals surface area contributed by atoms with Crippen molar-refractivity contribution in [3.8, 4) is 0 Å². The predicted molar refractivity (Wildman–Crippen MR) is 86.2 cm³/mol. The average Bonchev–Trinajstić information content (AvgIpc) is 2.53. The zero-order valence-corrected chi connectivity index (χ0v) is 12.6. The first-order chi connectivity index (χ1) is 10.5. The van der Waals surface area contributed by atoms with Crippen molar-refractivity contribution in [2.45, 2.75) is 4.90 Å². The van der Waals surface area contributed by atoms with E-state index in [0.29, 0.717) is 17.8 Å². The van der Waals surface area contributed by atoms with Gasteiger partial charge >= 0.3 is 0 Å². The van der Waals surface area contributed by atoms with Crippen molar-refractivity contribution in [2.75, 3.05) is 11.3 Å². The molecule has 0 aromatic heterocycles. The normalized spacial score (nSPS) is 10.7. The molecule has 0 unspecified atom stereocenters. The van der Waals surface area contributed by atoms with Gasteiger partial charge in [-0.15, -0.1) is 6.58 Å². The molecule has 0 heterocycles. The molecule has 1 amide bonds. The molecule has 2 aromatic rings. The van der Waals surface area contributed by atoms with E-state index in [9.17, 15) is 13.2 Å². The van der Waals surface area contributed by atoms with Crippen molar-refractivity contribution in [3.05, 3.63) is 72.8 Å². The number of benzene rings is 2. The van der Waals surface area contributed by atoms with Gasteiger partial charge in [-0.3, -0.25) is 9.52 Å². The Morgan fingerprint density at radius 2 is 1.82 bits per heavy atom. The quantitative estimate of drug-likeness (QED) is 0.804. The summed E-state index contributed by atoms with van der Waals surface area (Å²) in [6.45, 7) is 3.87. The number of carbonyl (C=O) groups is 1. The van der Waals surface area contributed by atoms with Crippen LogP contribution in [0.5, 0.6) is 0 Å². The molecule has 0 spiro atoms. The van der Waals surface area contributed by atoms with Gasteiger partial charge in [0.25, 0.3) is 15.9 Å². The van der Waals surface area contributed by atoms with Crippen molar-refractivity contribution in [3.63, 3.8) is 0 Å². The average molecular weight is 316 g/mol.